The second kappa shape index (κ2) is 4.90. The van der Waals surface area contributed by atoms with Gasteiger partial charge in [-0.05, 0) is 56.9 Å². The molecule has 3 nitrogen and oxygen atoms in total. The molecule has 2 aliphatic rings. The Balaban J connectivity index is 1.80. The third-order valence-corrected chi connectivity index (χ3v) is 5.16. The quantitative estimate of drug-likeness (QED) is 0.834. The van der Waals surface area contributed by atoms with Crippen molar-refractivity contribution in [1.82, 2.24) is 15.2 Å². The molecular formula is C17H23N3. The maximum atomic E-state index is 3.73. The third kappa shape index (κ3) is 1.88. The Morgan fingerprint density at radius 1 is 1.15 bits per heavy atom. The topological polar surface area (TPSA) is 31.1 Å². The summed E-state index contributed by atoms with van der Waals surface area (Å²) in [6, 6.07) is 9.36. The van der Waals surface area contributed by atoms with Gasteiger partial charge in [0.15, 0.2) is 0 Å². The summed E-state index contributed by atoms with van der Waals surface area (Å²) in [5.41, 5.74) is 4.38. The van der Waals surface area contributed by atoms with Crippen molar-refractivity contribution in [2.45, 2.75) is 25.3 Å². The second-order valence-electron chi connectivity index (χ2n) is 6.33. The van der Waals surface area contributed by atoms with E-state index >= 15 is 0 Å². The van der Waals surface area contributed by atoms with Crippen LogP contribution in [0.3, 0.4) is 0 Å². The first-order valence-electron chi connectivity index (χ1n) is 7.85. The fraction of sp³-hybridized carbons (Fsp3) is 0.529. The Morgan fingerprint density at radius 3 is 2.80 bits per heavy atom. The first-order valence-corrected chi connectivity index (χ1v) is 7.85. The molecule has 1 unspecified atom stereocenters. The fourth-order valence-corrected chi connectivity index (χ4v) is 4.15. The molecule has 2 aromatic rings. The SMILES string of the molecule is CN1CCc2c([nH]c3ccccc23)C1C1CCNCC1. The van der Waals surface area contributed by atoms with Crippen LogP contribution < -0.4 is 5.32 Å². The van der Waals surface area contributed by atoms with Gasteiger partial charge in [-0.25, -0.2) is 0 Å². The van der Waals surface area contributed by atoms with Gasteiger partial charge in [0.1, 0.15) is 0 Å². The lowest BCUT2D eigenvalue weighted by Gasteiger charge is -2.40. The number of benzene rings is 1. The van der Waals surface area contributed by atoms with Crippen LogP contribution in [0.5, 0.6) is 0 Å². The van der Waals surface area contributed by atoms with E-state index in [9.17, 15) is 0 Å². The second-order valence-corrected chi connectivity index (χ2v) is 6.33. The predicted molar refractivity (Wildman–Crippen MR) is 83.0 cm³/mol. The van der Waals surface area contributed by atoms with E-state index in [0.29, 0.717) is 6.04 Å². The van der Waals surface area contributed by atoms with Gasteiger partial charge in [0.2, 0.25) is 0 Å². The Morgan fingerprint density at radius 2 is 1.95 bits per heavy atom. The summed E-state index contributed by atoms with van der Waals surface area (Å²) >= 11 is 0. The van der Waals surface area contributed by atoms with Gasteiger partial charge in [-0.1, -0.05) is 18.2 Å². The van der Waals surface area contributed by atoms with Gasteiger partial charge in [0, 0.05) is 23.1 Å². The van der Waals surface area contributed by atoms with E-state index in [2.05, 4.69) is 46.5 Å². The molecule has 0 radical (unpaired) electrons. The molecule has 0 amide bonds. The molecule has 3 heterocycles. The van der Waals surface area contributed by atoms with Crippen LogP contribution in [0.4, 0.5) is 0 Å². The molecule has 4 rings (SSSR count). The number of aromatic nitrogens is 1. The van der Waals surface area contributed by atoms with Crippen LogP contribution in [0, 0.1) is 5.92 Å². The smallest absolute Gasteiger partial charge is 0.0528 e. The van der Waals surface area contributed by atoms with E-state index in [1.807, 2.05) is 0 Å². The largest absolute Gasteiger partial charge is 0.357 e. The monoisotopic (exact) mass is 269 g/mol. The molecule has 1 atom stereocenters. The normalized spacial score (nSPS) is 24.9. The first kappa shape index (κ1) is 12.4. The van der Waals surface area contributed by atoms with Crippen molar-refractivity contribution in [3.8, 4) is 0 Å². The number of fused-ring (bicyclic) bond motifs is 3. The predicted octanol–water partition coefficient (Wildman–Crippen LogP) is 2.70. The van der Waals surface area contributed by atoms with Gasteiger partial charge in [0.05, 0.1) is 6.04 Å². The number of likely N-dealkylation sites (N-methyl/N-ethyl adjacent to an activating group) is 1. The maximum absolute atomic E-state index is 3.73. The van der Waals surface area contributed by atoms with E-state index in [-0.39, 0.29) is 0 Å². The van der Waals surface area contributed by atoms with Crippen LogP contribution in [-0.4, -0.2) is 36.6 Å². The zero-order valence-corrected chi connectivity index (χ0v) is 12.2. The Hall–Kier alpha value is -1.32. The number of nitrogens with zero attached hydrogens (tertiary/aromatic N) is 1. The van der Waals surface area contributed by atoms with Crippen molar-refractivity contribution < 1.29 is 0 Å². The summed E-state index contributed by atoms with van der Waals surface area (Å²) in [4.78, 5) is 6.29. The zero-order valence-electron chi connectivity index (χ0n) is 12.2. The van der Waals surface area contributed by atoms with Crippen LogP contribution in [0.1, 0.15) is 30.1 Å². The van der Waals surface area contributed by atoms with Crippen LogP contribution in [0.2, 0.25) is 0 Å². The summed E-state index contributed by atoms with van der Waals surface area (Å²) in [5, 5.41) is 4.93. The summed E-state index contributed by atoms with van der Waals surface area (Å²) in [6.07, 6.45) is 3.77. The van der Waals surface area contributed by atoms with Gasteiger partial charge in [-0.3, -0.25) is 4.90 Å². The number of rotatable bonds is 1. The number of nitrogens with one attached hydrogen (secondary N) is 2. The molecular weight excluding hydrogens is 246 g/mol. The molecule has 3 heteroatoms. The van der Waals surface area contributed by atoms with Gasteiger partial charge in [-0.2, -0.15) is 0 Å². The third-order valence-electron chi connectivity index (χ3n) is 5.16. The van der Waals surface area contributed by atoms with E-state index < -0.39 is 0 Å². The number of hydrogen-bond donors (Lipinski definition) is 2. The maximum Gasteiger partial charge on any atom is 0.0528 e. The molecule has 1 aromatic heterocycles. The zero-order chi connectivity index (χ0) is 13.5. The molecule has 20 heavy (non-hydrogen) atoms. The van der Waals surface area contributed by atoms with E-state index in [1.54, 1.807) is 5.56 Å². The average Bonchev–Trinajstić information content (AvgIpc) is 2.86. The van der Waals surface area contributed by atoms with Crippen molar-refractivity contribution in [3.05, 3.63) is 35.5 Å². The van der Waals surface area contributed by atoms with Crippen molar-refractivity contribution in [3.63, 3.8) is 0 Å². The van der Waals surface area contributed by atoms with Gasteiger partial charge in [-0.15, -0.1) is 0 Å². The van der Waals surface area contributed by atoms with Crippen LogP contribution in [0.15, 0.2) is 24.3 Å². The minimum atomic E-state index is 0.577. The van der Waals surface area contributed by atoms with Crippen molar-refractivity contribution in [1.29, 1.82) is 0 Å². The molecule has 1 fully saturated rings. The minimum Gasteiger partial charge on any atom is -0.357 e. The number of aromatic amines is 1. The molecule has 106 valence electrons. The lowest BCUT2D eigenvalue weighted by Crippen LogP contribution is -2.40. The summed E-state index contributed by atoms with van der Waals surface area (Å²) in [7, 11) is 2.29. The molecule has 1 aromatic carbocycles. The first-order chi connectivity index (χ1) is 9.84. The highest BCUT2D eigenvalue weighted by Gasteiger charge is 2.34. The average molecular weight is 269 g/mol. The summed E-state index contributed by atoms with van der Waals surface area (Å²) in [6.45, 7) is 3.53. The molecule has 0 bridgehead atoms. The highest BCUT2D eigenvalue weighted by atomic mass is 15.2. The van der Waals surface area contributed by atoms with Crippen molar-refractivity contribution in [2.75, 3.05) is 26.7 Å². The van der Waals surface area contributed by atoms with Crippen molar-refractivity contribution >= 4 is 10.9 Å². The highest BCUT2D eigenvalue weighted by molar-refractivity contribution is 5.85. The van der Waals surface area contributed by atoms with Crippen LogP contribution in [-0.2, 0) is 6.42 Å². The van der Waals surface area contributed by atoms with Crippen LogP contribution in [0.25, 0.3) is 10.9 Å². The summed E-state index contributed by atoms with van der Waals surface area (Å²) < 4.78 is 0. The van der Waals surface area contributed by atoms with Crippen molar-refractivity contribution in [2.24, 2.45) is 5.92 Å². The number of hydrogen-bond acceptors (Lipinski definition) is 2. The Bertz CT molecular complexity index is 610. The Labute approximate surface area is 120 Å². The van der Waals surface area contributed by atoms with E-state index in [1.165, 1.54) is 55.5 Å². The Kier molecular flexibility index (Phi) is 3.04. The lowest BCUT2D eigenvalue weighted by atomic mass is 9.83. The number of H-pyrrole nitrogens is 1. The minimum absolute atomic E-state index is 0.577. The number of para-hydroxylation sites is 1. The molecule has 1 saturated heterocycles. The van der Waals surface area contributed by atoms with Crippen LogP contribution >= 0.6 is 0 Å². The fourth-order valence-electron chi connectivity index (χ4n) is 4.15. The molecule has 2 aliphatic heterocycles. The molecule has 0 saturated carbocycles. The van der Waals surface area contributed by atoms with Gasteiger partial charge >= 0.3 is 0 Å². The summed E-state index contributed by atoms with van der Waals surface area (Å²) in [5.74, 6) is 0.786. The van der Waals surface area contributed by atoms with E-state index in [0.717, 1.165) is 5.92 Å². The highest BCUT2D eigenvalue weighted by Crippen LogP contribution is 2.40. The molecule has 2 N–H and O–H groups in total. The molecule has 0 spiro atoms. The molecule has 0 aliphatic carbocycles. The standard InChI is InChI=1S/C17H23N3/c1-20-11-8-14-13-4-2-3-5-15(13)19-16(14)17(20)12-6-9-18-10-7-12/h2-5,12,17-19H,6-11H2,1H3. The van der Waals surface area contributed by atoms with Gasteiger partial charge in [0.25, 0.3) is 0 Å². The lowest BCUT2D eigenvalue weighted by molar-refractivity contribution is 0.136. The van der Waals surface area contributed by atoms with E-state index in [4.69, 9.17) is 0 Å². The number of piperidine rings is 1. The van der Waals surface area contributed by atoms with Gasteiger partial charge < -0.3 is 10.3 Å².